The van der Waals surface area contributed by atoms with Crippen LogP contribution in [-0.2, 0) is 4.74 Å². The quantitative estimate of drug-likeness (QED) is 0.729. The molecule has 2 heteroatoms. The minimum absolute atomic E-state index is 0.0944. The van der Waals surface area contributed by atoms with Crippen molar-refractivity contribution in [3.05, 3.63) is 0 Å². The van der Waals surface area contributed by atoms with Crippen molar-refractivity contribution < 1.29 is 9.84 Å². The number of aliphatic hydroxyl groups is 1. The number of ether oxygens (including phenoxy) is 1. The Kier molecular flexibility index (Phi) is 4.74. The predicted molar refractivity (Wildman–Crippen MR) is 53.6 cm³/mol. The predicted octanol–water partition coefficient (Wildman–Crippen LogP) is 2.21. The van der Waals surface area contributed by atoms with Gasteiger partial charge in [0.05, 0.1) is 6.10 Å². The first kappa shape index (κ1) is 11.0. The van der Waals surface area contributed by atoms with Crippen LogP contribution in [0, 0.1) is 11.8 Å². The van der Waals surface area contributed by atoms with Crippen molar-refractivity contribution in [2.75, 3.05) is 13.2 Å². The van der Waals surface area contributed by atoms with E-state index in [9.17, 15) is 5.11 Å². The first-order valence-electron chi connectivity index (χ1n) is 5.44. The lowest BCUT2D eigenvalue weighted by molar-refractivity contribution is 0.0394. The minimum atomic E-state index is -0.0944. The molecular weight excluding hydrogens is 164 g/mol. The van der Waals surface area contributed by atoms with Gasteiger partial charge in [-0.1, -0.05) is 13.8 Å². The molecule has 0 spiro atoms. The van der Waals surface area contributed by atoms with Gasteiger partial charge in [-0.15, -0.1) is 0 Å². The molecule has 0 amide bonds. The third kappa shape index (κ3) is 4.63. The van der Waals surface area contributed by atoms with Crippen LogP contribution >= 0.6 is 0 Å². The van der Waals surface area contributed by atoms with E-state index in [0.29, 0.717) is 11.8 Å². The minimum Gasteiger partial charge on any atom is -0.393 e. The second-order valence-corrected chi connectivity index (χ2v) is 4.57. The summed E-state index contributed by atoms with van der Waals surface area (Å²) in [6, 6.07) is 0. The Labute approximate surface area is 81.3 Å². The highest BCUT2D eigenvalue weighted by Crippen LogP contribution is 2.22. The molecule has 1 aliphatic rings. The molecule has 0 aromatic rings. The molecule has 0 saturated carbocycles. The zero-order valence-corrected chi connectivity index (χ0v) is 8.83. The van der Waals surface area contributed by atoms with Gasteiger partial charge in [0.1, 0.15) is 0 Å². The van der Waals surface area contributed by atoms with Gasteiger partial charge in [0.15, 0.2) is 0 Å². The zero-order valence-electron chi connectivity index (χ0n) is 8.83. The van der Waals surface area contributed by atoms with Crippen molar-refractivity contribution in [3.63, 3.8) is 0 Å². The van der Waals surface area contributed by atoms with Crippen LogP contribution in [-0.4, -0.2) is 24.4 Å². The second-order valence-electron chi connectivity index (χ2n) is 4.57. The van der Waals surface area contributed by atoms with Crippen LogP contribution in [0.2, 0.25) is 0 Å². The van der Waals surface area contributed by atoms with Gasteiger partial charge < -0.3 is 9.84 Å². The molecule has 0 aromatic heterocycles. The smallest absolute Gasteiger partial charge is 0.0545 e. The molecule has 1 heterocycles. The van der Waals surface area contributed by atoms with E-state index in [-0.39, 0.29) is 6.10 Å². The van der Waals surface area contributed by atoms with E-state index in [1.807, 2.05) is 0 Å². The van der Waals surface area contributed by atoms with Gasteiger partial charge in [0.2, 0.25) is 0 Å². The van der Waals surface area contributed by atoms with Gasteiger partial charge in [0.25, 0.3) is 0 Å². The van der Waals surface area contributed by atoms with E-state index in [2.05, 4.69) is 13.8 Å². The average Bonchev–Trinajstić information content (AvgIpc) is 2.04. The molecule has 1 N–H and O–H groups in total. The lowest BCUT2D eigenvalue weighted by Crippen LogP contribution is -2.21. The van der Waals surface area contributed by atoms with Crippen molar-refractivity contribution >= 4 is 0 Å². The lowest BCUT2D eigenvalue weighted by atomic mass is 9.90. The Balaban J connectivity index is 2.14. The summed E-state index contributed by atoms with van der Waals surface area (Å²) in [5.41, 5.74) is 0. The monoisotopic (exact) mass is 186 g/mol. The molecule has 1 fully saturated rings. The van der Waals surface area contributed by atoms with Crippen LogP contribution in [0.3, 0.4) is 0 Å². The Hall–Kier alpha value is -0.0800. The third-order valence-corrected chi connectivity index (χ3v) is 2.69. The number of hydrogen-bond donors (Lipinski definition) is 1. The van der Waals surface area contributed by atoms with Gasteiger partial charge in [-0.05, 0) is 37.5 Å². The summed E-state index contributed by atoms with van der Waals surface area (Å²) < 4.78 is 5.28. The highest BCUT2D eigenvalue weighted by Gasteiger charge is 2.18. The first-order chi connectivity index (χ1) is 6.18. The molecule has 13 heavy (non-hydrogen) atoms. The van der Waals surface area contributed by atoms with Crippen molar-refractivity contribution in [2.24, 2.45) is 11.8 Å². The zero-order chi connectivity index (χ0) is 9.68. The first-order valence-corrected chi connectivity index (χ1v) is 5.44. The summed E-state index contributed by atoms with van der Waals surface area (Å²) in [7, 11) is 0. The van der Waals surface area contributed by atoms with Gasteiger partial charge >= 0.3 is 0 Å². The van der Waals surface area contributed by atoms with Gasteiger partial charge in [-0.2, -0.15) is 0 Å². The van der Waals surface area contributed by atoms with E-state index < -0.39 is 0 Å². The fourth-order valence-corrected chi connectivity index (χ4v) is 2.01. The van der Waals surface area contributed by atoms with Crippen LogP contribution in [0.5, 0.6) is 0 Å². The summed E-state index contributed by atoms with van der Waals surface area (Å²) >= 11 is 0. The van der Waals surface area contributed by atoms with Crippen LogP contribution in [0.4, 0.5) is 0 Å². The number of aliphatic hydroxyl groups excluding tert-OH is 1. The fourth-order valence-electron chi connectivity index (χ4n) is 2.01. The molecule has 0 aromatic carbocycles. The maximum absolute atomic E-state index is 9.73. The van der Waals surface area contributed by atoms with Crippen LogP contribution in [0.15, 0.2) is 0 Å². The molecule has 1 atom stereocenters. The molecule has 0 bridgehead atoms. The molecule has 0 radical (unpaired) electrons. The number of rotatable bonds is 4. The Morgan fingerprint density at radius 3 is 2.46 bits per heavy atom. The van der Waals surface area contributed by atoms with E-state index in [1.165, 1.54) is 0 Å². The van der Waals surface area contributed by atoms with Crippen LogP contribution in [0.25, 0.3) is 0 Å². The maximum atomic E-state index is 9.73. The van der Waals surface area contributed by atoms with Crippen LogP contribution in [0.1, 0.15) is 39.5 Å². The molecule has 78 valence electrons. The number of hydrogen-bond acceptors (Lipinski definition) is 2. The van der Waals surface area contributed by atoms with Gasteiger partial charge in [-0.25, -0.2) is 0 Å². The third-order valence-electron chi connectivity index (χ3n) is 2.69. The summed E-state index contributed by atoms with van der Waals surface area (Å²) in [5.74, 6) is 1.30. The van der Waals surface area contributed by atoms with E-state index >= 15 is 0 Å². The fraction of sp³-hybridized carbons (Fsp3) is 1.00. The summed E-state index contributed by atoms with van der Waals surface area (Å²) in [6.45, 7) is 6.10. The SMILES string of the molecule is CC(C)CC(O)CC1CCOCC1. The van der Waals surface area contributed by atoms with Gasteiger partial charge in [-0.3, -0.25) is 0 Å². The highest BCUT2D eigenvalue weighted by atomic mass is 16.5. The van der Waals surface area contributed by atoms with Gasteiger partial charge in [0, 0.05) is 13.2 Å². The molecule has 1 rings (SSSR count). The van der Waals surface area contributed by atoms with Crippen molar-refractivity contribution in [1.29, 1.82) is 0 Å². The standard InChI is InChI=1S/C11H22O2/c1-9(2)7-11(12)8-10-3-5-13-6-4-10/h9-12H,3-8H2,1-2H3. The van der Waals surface area contributed by atoms with E-state index in [0.717, 1.165) is 38.9 Å². The molecular formula is C11H22O2. The molecule has 2 nitrogen and oxygen atoms in total. The average molecular weight is 186 g/mol. The van der Waals surface area contributed by atoms with Crippen molar-refractivity contribution in [3.8, 4) is 0 Å². The van der Waals surface area contributed by atoms with Crippen LogP contribution < -0.4 is 0 Å². The summed E-state index contributed by atoms with van der Waals surface area (Å²) in [6.07, 6.45) is 4.09. The normalized spacial score (nSPS) is 22.2. The molecule has 1 unspecified atom stereocenters. The highest BCUT2D eigenvalue weighted by molar-refractivity contribution is 4.69. The maximum Gasteiger partial charge on any atom is 0.0545 e. The Morgan fingerprint density at radius 1 is 1.31 bits per heavy atom. The second kappa shape index (κ2) is 5.61. The van der Waals surface area contributed by atoms with E-state index in [1.54, 1.807) is 0 Å². The largest absolute Gasteiger partial charge is 0.393 e. The Morgan fingerprint density at radius 2 is 1.92 bits per heavy atom. The lowest BCUT2D eigenvalue weighted by Gasteiger charge is -2.24. The molecule has 1 aliphatic heterocycles. The molecule has 1 saturated heterocycles. The molecule has 0 aliphatic carbocycles. The van der Waals surface area contributed by atoms with Crippen molar-refractivity contribution in [1.82, 2.24) is 0 Å². The van der Waals surface area contributed by atoms with Crippen molar-refractivity contribution in [2.45, 2.75) is 45.6 Å². The topological polar surface area (TPSA) is 29.5 Å². The summed E-state index contributed by atoms with van der Waals surface area (Å²) in [4.78, 5) is 0. The Bertz CT molecular complexity index is 128. The van der Waals surface area contributed by atoms with E-state index in [4.69, 9.17) is 4.74 Å². The summed E-state index contributed by atoms with van der Waals surface area (Å²) in [5, 5.41) is 9.73.